The van der Waals surface area contributed by atoms with Crippen molar-refractivity contribution in [1.29, 1.82) is 0 Å². The average molecular weight is 293 g/mol. The molecule has 0 saturated heterocycles. The molecule has 2 nitrogen and oxygen atoms in total. The third kappa shape index (κ3) is 3.30. The van der Waals surface area contributed by atoms with Gasteiger partial charge in [-0.05, 0) is 55.9 Å². The summed E-state index contributed by atoms with van der Waals surface area (Å²) in [7, 11) is 1.90. The van der Waals surface area contributed by atoms with E-state index in [2.05, 4.69) is 10.2 Å². The number of anilines is 2. The van der Waals surface area contributed by atoms with Crippen LogP contribution >= 0.6 is 11.6 Å². The zero-order chi connectivity index (χ0) is 14.5. The first-order chi connectivity index (χ1) is 9.65. The first-order valence-corrected chi connectivity index (χ1v) is 6.99. The molecule has 0 unspecified atom stereocenters. The summed E-state index contributed by atoms with van der Waals surface area (Å²) in [4.78, 5) is 2.06. The van der Waals surface area contributed by atoms with Crippen molar-refractivity contribution < 1.29 is 4.39 Å². The largest absolute Gasteiger partial charge is 0.341 e. The fourth-order valence-electron chi connectivity index (χ4n) is 2.20. The zero-order valence-corrected chi connectivity index (χ0v) is 12.4. The minimum atomic E-state index is -0.236. The van der Waals surface area contributed by atoms with Crippen LogP contribution in [0, 0.1) is 5.82 Å². The van der Waals surface area contributed by atoms with Gasteiger partial charge in [0, 0.05) is 18.8 Å². The summed E-state index contributed by atoms with van der Waals surface area (Å²) in [5.74, 6) is -0.236. The predicted molar refractivity (Wildman–Crippen MR) is 83.3 cm³/mol. The van der Waals surface area contributed by atoms with Crippen LogP contribution in [0.25, 0.3) is 0 Å². The van der Waals surface area contributed by atoms with Gasteiger partial charge in [0.15, 0.2) is 0 Å². The summed E-state index contributed by atoms with van der Waals surface area (Å²) in [6, 6.07) is 12.4. The fraction of sp³-hybridized carbons (Fsp3) is 0.250. The maximum Gasteiger partial charge on any atom is 0.123 e. The molecule has 0 saturated carbocycles. The minimum absolute atomic E-state index is 0.236. The molecule has 0 heterocycles. The second kappa shape index (κ2) is 6.73. The van der Waals surface area contributed by atoms with Crippen molar-refractivity contribution >= 4 is 23.0 Å². The first-order valence-electron chi connectivity index (χ1n) is 6.62. The number of nitrogens with one attached hydrogen (secondary N) is 1. The Balaban J connectivity index is 2.34. The van der Waals surface area contributed by atoms with Gasteiger partial charge in [-0.25, -0.2) is 4.39 Å². The summed E-state index contributed by atoms with van der Waals surface area (Å²) < 4.78 is 13.0. The molecule has 0 aliphatic heterocycles. The molecule has 0 amide bonds. The van der Waals surface area contributed by atoms with E-state index in [-0.39, 0.29) is 5.82 Å². The van der Waals surface area contributed by atoms with Crippen molar-refractivity contribution in [2.24, 2.45) is 0 Å². The van der Waals surface area contributed by atoms with Crippen LogP contribution in [-0.2, 0) is 6.54 Å². The van der Waals surface area contributed by atoms with Crippen LogP contribution < -0.4 is 10.2 Å². The molecule has 0 aromatic heterocycles. The highest BCUT2D eigenvalue weighted by Gasteiger charge is 2.11. The number of rotatable bonds is 5. The quantitative estimate of drug-likeness (QED) is 0.881. The summed E-state index contributed by atoms with van der Waals surface area (Å²) in [5.41, 5.74) is 2.99. The van der Waals surface area contributed by atoms with Crippen molar-refractivity contribution in [3.05, 3.63) is 58.9 Å². The van der Waals surface area contributed by atoms with E-state index in [0.29, 0.717) is 5.02 Å². The Morgan fingerprint density at radius 3 is 2.40 bits per heavy atom. The minimum Gasteiger partial charge on any atom is -0.341 e. The lowest BCUT2D eigenvalue weighted by Crippen LogP contribution is -2.16. The standard InChI is InChI=1S/C16H18ClFN2/c1-3-20(14-7-5-13(18)6-8-14)16-9-4-12(11-19-2)10-15(16)17/h4-10,19H,3,11H2,1-2H3. The van der Waals surface area contributed by atoms with Crippen LogP contribution in [0.15, 0.2) is 42.5 Å². The molecule has 0 aliphatic carbocycles. The molecule has 106 valence electrons. The molecule has 4 heteroatoms. The van der Waals surface area contributed by atoms with Gasteiger partial charge in [-0.2, -0.15) is 0 Å². The zero-order valence-electron chi connectivity index (χ0n) is 11.7. The lowest BCUT2D eigenvalue weighted by atomic mass is 10.1. The number of hydrogen-bond acceptors (Lipinski definition) is 2. The molecule has 20 heavy (non-hydrogen) atoms. The van der Waals surface area contributed by atoms with Crippen molar-refractivity contribution in [3.8, 4) is 0 Å². The summed E-state index contributed by atoms with van der Waals surface area (Å²) >= 11 is 6.38. The summed E-state index contributed by atoms with van der Waals surface area (Å²) in [6.07, 6.45) is 0. The third-order valence-electron chi connectivity index (χ3n) is 3.14. The van der Waals surface area contributed by atoms with Crippen LogP contribution in [0.5, 0.6) is 0 Å². The van der Waals surface area contributed by atoms with Crippen LogP contribution in [0.3, 0.4) is 0 Å². The van der Waals surface area contributed by atoms with E-state index in [1.165, 1.54) is 12.1 Å². The maximum atomic E-state index is 13.0. The Morgan fingerprint density at radius 2 is 1.85 bits per heavy atom. The Labute approximate surface area is 124 Å². The van der Waals surface area contributed by atoms with Crippen LogP contribution in [0.4, 0.5) is 15.8 Å². The SMILES string of the molecule is CCN(c1ccc(F)cc1)c1ccc(CNC)cc1Cl. The topological polar surface area (TPSA) is 15.3 Å². The van der Waals surface area contributed by atoms with Gasteiger partial charge in [0.2, 0.25) is 0 Å². The van der Waals surface area contributed by atoms with Crippen molar-refractivity contribution in [3.63, 3.8) is 0 Å². The highest BCUT2D eigenvalue weighted by Crippen LogP contribution is 2.32. The van der Waals surface area contributed by atoms with Gasteiger partial charge in [-0.15, -0.1) is 0 Å². The summed E-state index contributed by atoms with van der Waals surface area (Å²) in [5, 5.41) is 3.80. The van der Waals surface area contributed by atoms with E-state index in [1.54, 1.807) is 12.1 Å². The van der Waals surface area contributed by atoms with E-state index in [1.807, 2.05) is 32.2 Å². The lowest BCUT2D eigenvalue weighted by molar-refractivity contribution is 0.628. The molecule has 0 fully saturated rings. The molecule has 2 aromatic carbocycles. The smallest absolute Gasteiger partial charge is 0.123 e. The lowest BCUT2D eigenvalue weighted by Gasteiger charge is -2.24. The van der Waals surface area contributed by atoms with Gasteiger partial charge in [0.1, 0.15) is 5.82 Å². The van der Waals surface area contributed by atoms with Crippen LogP contribution in [0.1, 0.15) is 12.5 Å². The van der Waals surface area contributed by atoms with Crippen LogP contribution in [0.2, 0.25) is 5.02 Å². The maximum absolute atomic E-state index is 13.0. The van der Waals surface area contributed by atoms with E-state index >= 15 is 0 Å². The monoisotopic (exact) mass is 292 g/mol. The molecule has 0 aliphatic rings. The van der Waals surface area contributed by atoms with Gasteiger partial charge in [-0.1, -0.05) is 17.7 Å². The molecular weight excluding hydrogens is 275 g/mol. The van der Waals surface area contributed by atoms with Gasteiger partial charge in [-0.3, -0.25) is 0 Å². The third-order valence-corrected chi connectivity index (χ3v) is 3.44. The van der Waals surface area contributed by atoms with E-state index < -0.39 is 0 Å². The second-order valence-electron chi connectivity index (χ2n) is 4.54. The molecular formula is C16H18ClFN2. The molecule has 1 N–H and O–H groups in total. The highest BCUT2D eigenvalue weighted by molar-refractivity contribution is 6.33. The number of nitrogens with zero attached hydrogens (tertiary/aromatic N) is 1. The van der Waals surface area contributed by atoms with Crippen molar-refractivity contribution in [2.75, 3.05) is 18.5 Å². The fourth-order valence-corrected chi connectivity index (χ4v) is 2.50. The molecule has 0 spiro atoms. The molecule has 2 rings (SSSR count). The average Bonchev–Trinajstić information content (AvgIpc) is 2.44. The van der Waals surface area contributed by atoms with Gasteiger partial charge >= 0.3 is 0 Å². The number of benzene rings is 2. The van der Waals surface area contributed by atoms with E-state index in [9.17, 15) is 4.39 Å². The molecule has 0 atom stereocenters. The van der Waals surface area contributed by atoms with Crippen molar-refractivity contribution in [2.45, 2.75) is 13.5 Å². The Hall–Kier alpha value is -1.58. The second-order valence-corrected chi connectivity index (χ2v) is 4.94. The van der Waals surface area contributed by atoms with Crippen LogP contribution in [-0.4, -0.2) is 13.6 Å². The molecule has 2 aromatic rings. The molecule has 0 bridgehead atoms. The highest BCUT2D eigenvalue weighted by atomic mass is 35.5. The molecule has 0 radical (unpaired) electrons. The Morgan fingerprint density at radius 1 is 1.15 bits per heavy atom. The van der Waals surface area contributed by atoms with Crippen molar-refractivity contribution in [1.82, 2.24) is 5.32 Å². The Bertz CT molecular complexity index is 569. The van der Waals surface area contributed by atoms with Gasteiger partial charge < -0.3 is 10.2 Å². The number of hydrogen-bond donors (Lipinski definition) is 1. The Kier molecular flexibility index (Phi) is 4.99. The summed E-state index contributed by atoms with van der Waals surface area (Å²) in [6.45, 7) is 3.58. The van der Waals surface area contributed by atoms with Gasteiger partial charge in [0.25, 0.3) is 0 Å². The van der Waals surface area contributed by atoms with E-state index in [4.69, 9.17) is 11.6 Å². The van der Waals surface area contributed by atoms with E-state index in [0.717, 1.165) is 30.0 Å². The normalized spacial score (nSPS) is 10.6. The predicted octanol–water partition coefficient (Wildman–Crippen LogP) is 4.36. The number of halogens is 2. The van der Waals surface area contributed by atoms with Gasteiger partial charge in [0.05, 0.1) is 10.7 Å². The first kappa shape index (κ1) is 14.8.